The van der Waals surface area contributed by atoms with Gasteiger partial charge in [0.25, 0.3) is 5.91 Å². The van der Waals surface area contributed by atoms with Crippen molar-refractivity contribution < 1.29 is 18.3 Å². The molecule has 4 heterocycles. The number of allylic oxidation sites excluding steroid dienone is 1. The first-order valence-electron chi connectivity index (χ1n) is 10.5. The molecular formula is C22H22ClF2N5O2. The average molecular weight is 462 g/mol. The molecule has 0 radical (unpaired) electrons. The van der Waals surface area contributed by atoms with Gasteiger partial charge in [0.2, 0.25) is 0 Å². The lowest BCUT2D eigenvalue weighted by molar-refractivity contribution is 0.0789. The lowest BCUT2D eigenvalue weighted by Crippen LogP contribution is -2.44. The number of hydrogen-bond acceptors (Lipinski definition) is 6. The van der Waals surface area contributed by atoms with Crippen LogP contribution in [0, 0.1) is 11.2 Å². The lowest BCUT2D eigenvalue weighted by Gasteiger charge is -2.30. The first kappa shape index (κ1) is 21.1. The van der Waals surface area contributed by atoms with Gasteiger partial charge in [-0.25, -0.2) is 13.8 Å². The minimum atomic E-state index is -0.912. The monoisotopic (exact) mass is 461 g/mol. The molecule has 1 aromatic carbocycles. The van der Waals surface area contributed by atoms with Gasteiger partial charge >= 0.3 is 0 Å². The molecule has 5 rings (SSSR count). The summed E-state index contributed by atoms with van der Waals surface area (Å²) in [6.45, 7) is 0.283. The zero-order valence-electron chi connectivity index (χ0n) is 17.1. The summed E-state index contributed by atoms with van der Waals surface area (Å²) in [6, 6.07) is 3.57. The number of nitrogens with zero attached hydrogens (tertiary/aromatic N) is 2. The van der Waals surface area contributed by atoms with Gasteiger partial charge in [0, 0.05) is 42.6 Å². The van der Waals surface area contributed by atoms with Gasteiger partial charge in [0.1, 0.15) is 29.7 Å². The summed E-state index contributed by atoms with van der Waals surface area (Å²) in [7, 11) is 0. The normalized spacial score (nSPS) is 31.5. The zero-order valence-corrected chi connectivity index (χ0v) is 17.8. The van der Waals surface area contributed by atoms with E-state index in [0.717, 1.165) is 0 Å². The highest BCUT2D eigenvalue weighted by Crippen LogP contribution is 2.33. The number of halogens is 3. The maximum absolute atomic E-state index is 14.0. The van der Waals surface area contributed by atoms with E-state index < -0.39 is 12.0 Å². The molecule has 0 aliphatic carbocycles. The summed E-state index contributed by atoms with van der Waals surface area (Å²) in [5, 5.41) is 14.9. The Morgan fingerprint density at radius 3 is 2.88 bits per heavy atom. The van der Waals surface area contributed by atoms with Crippen molar-refractivity contribution in [3.63, 3.8) is 0 Å². The Kier molecular flexibility index (Phi) is 5.46. The smallest absolute Gasteiger partial charge is 0.258 e. The molecular weight excluding hydrogens is 440 g/mol. The number of nitrogens with one attached hydrogen (secondary N) is 3. The molecule has 0 saturated carbocycles. The van der Waals surface area contributed by atoms with Gasteiger partial charge in [-0.05, 0) is 25.0 Å². The molecule has 4 atom stereocenters. The van der Waals surface area contributed by atoms with Crippen molar-refractivity contribution in [1.82, 2.24) is 15.5 Å². The van der Waals surface area contributed by atoms with Gasteiger partial charge < -0.3 is 25.7 Å². The molecule has 3 fully saturated rings. The Morgan fingerprint density at radius 2 is 2.12 bits per heavy atom. The Morgan fingerprint density at radius 1 is 1.28 bits per heavy atom. The number of rotatable bonds is 3. The Bertz CT molecular complexity index is 1070. The second-order valence-electron chi connectivity index (χ2n) is 8.47. The van der Waals surface area contributed by atoms with Crippen molar-refractivity contribution in [2.75, 3.05) is 13.1 Å². The van der Waals surface area contributed by atoms with E-state index in [-0.39, 0.29) is 54.2 Å². The highest BCUT2D eigenvalue weighted by molar-refractivity contribution is 6.39. The number of benzene rings is 1. The van der Waals surface area contributed by atoms with E-state index >= 15 is 0 Å². The van der Waals surface area contributed by atoms with Crippen LogP contribution >= 0.6 is 11.6 Å². The quantitative estimate of drug-likeness (QED) is 0.645. The molecule has 3 saturated heterocycles. The fraction of sp³-hybridized carbons (Fsp3) is 0.409. The zero-order chi connectivity index (χ0) is 22.4. The fourth-order valence-electron chi connectivity index (χ4n) is 4.70. The van der Waals surface area contributed by atoms with Crippen LogP contribution in [0.2, 0.25) is 0 Å². The highest BCUT2D eigenvalue weighted by Gasteiger charge is 2.42. The van der Waals surface area contributed by atoms with Crippen LogP contribution in [-0.4, -0.2) is 60.2 Å². The van der Waals surface area contributed by atoms with E-state index in [4.69, 9.17) is 21.7 Å². The third-order valence-electron chi connectivity index (χ3n) is 6.23. The van der Waals surface area contributed by atoms with Gasteiger partial charge in [-0.15, -0.1) is 0 Å². The highest BCUT2D eigenvalue weighted by atomic mass is 35.5. The summed E-state index contributed by atoms with van der Waals surface area (Å²) in [4.78, 5) is 19.0. The molecule has 0 aromatic heterocycles. The molecule has 2 bridgehead atoms. The van der Waals surface area contributed by atoms with Gasteiger partial charge in [-0.3, -0.25) is 4.79 Å². The lowest BCUT2D eigenvalue weighted by atomic mass is 10.0. The summed E-state index contributed by atoms with van der Waals surface area (Å²) in [6.07, 6.45) is 3.34. The number of aliphatic imine (C=N–C) groups is 1. The molecule has 7 nitrogen and oxygen atoms in total. The number of alkyl halides is 1. The van der Waals surface area contributed by atoms with Crippen LogP contribution in [0.3, 0.4) is 0 Å². The van der Waals surface area contributed by atoms with E-state index in [2.05, 4.69) is 15.6 Å². The number of amides is 1. The fourth-order valence-corrected chi connectivity index (χ4v) is 4.80. The number of carbonyl (C=O) groups is 1. The van der Waals surface area contributed by atoms with E-state index in [1.54, 1.807) is 6.20 Å². The first-order valence-corrected chi connectivity index (χ1v) is 10.9. The summed E-state index contributed by atoms with van der Waals surface area (Å²) >= 11 is 5.86. The molecule has 1 aromatic rings. The molecule has 0 spiro atoms. The predicted molar refractivity (Wildman–Crippen MR) is 116 cm³/mol. The van der Waals surface area contributed by atoms with E-state index in [1.807, 2.05) is 0 Å². The molecule has 168 valence electrons. The Balaban J connectivity index is 1.35. The average Bonchev–Trinajstić information content (AvgIpc) is 3.27. The molecule has 4 unspecified atom stereocenters. The van der Waals surface area contributed by atoms with Crippen molar-refractivity contribution in [3.8, 4) is 5.75 Å². The standard InChI is InChI=1S/C22H22ClF2N5O2/c23-11-7-27-21(28-8-11)16-9-30(10-18(16)26)22(31)15-2-1-12(24)3-20(15)32-14-4-13-5-17(25)19(6-14)29-13/h1-3,7-8,13-14,17,19,26-27,29H,4-6,9-10H2/b21-16+,26-18?. The van der Waals surface area contributed by atoms with Crippen LogP contribution < -0.4 is 15.4 Å². The topological polar surface area (TPSA) is 89.8 Å². The van der Waals surface area contributed by atoms with Crippen LogP contribution in [0.1, 0.15) is 29.6 Å². The minimum Gasteiger partial charge on any atom is -0.489 e. The van der Waals surface area contributed by atoms with Crippen molar-refractivity contribution in [2.45, 2.75) is 43.6 Å². The first-order chi connectivity index (χ1) is 15.4. The number of piperidine rings is 1. The molecule has 32 heavy (non-hydrogen) atoms. The molecule has 4 aliphatic heterocycles. The van der Waals surface area contributed by atoms with Crippen molar-refractivity contribution in [2.24, 2.45) is 4.99 Å². The Labute approximate surface area is 188 Å². The Hall–Kier alpha value is -2.78. The number of hydrogen-bond donors (Lipinski definition) is 3. The van der Waals surface area contributed by atoms with E-state index in [9.17, 15) is 13.6 Å². The third-order valence-corrected chi connectivity index (χ3v) is 6.43. The maximum Gasteiger partial charge on any atom is 0.258 e. The van der Waals surface area contributed by atoms with E-state index in [0.29, 0.717) is 35.7 Å². The number of carbonyl (C=O) groups excluding carboxylic acids is 1. The van der Waals surface area contributed by atoms with Gasteiger partial charge in [0.05, 0.1) is 29.4 Å². The maximum atomic E-state index is 14.0. The molecule has 3 N–H and O–H groups in total. The second kappa shape index (κ2) is 8.29. The van der Waals surface area contributed by atoms with Gasteiger partial charge in [-0.1, -0.05) is 11.6 Å². The van der Waals surface area contributed by atoms with Crippen LogP contribution in [0.25, 0.3) is 0 Å². The largest absolute Gasteiger partial charge is 0.489 e. The summed E-state index contributed by atoms with van der Waals surface area (Å²) < 4.78 is 34.1. The van der Waals surface area contributed by atoms with Crippen LogP contribution in [0.15, 0.2) is 45.8 Å². The van der Waals surface area contributed by atoms with Crippen molar-refractivity contribution in [3.05, 3.63) is 52.2 Å². The van der Waals surface area contributed by atoms with Crippen LogP contribution in [-0.2, 0) is 0 Å². The van der Waals surface area contributed by atoms with Crippen molar-refractivity contribution >= 4 is 29.4 Å². The van der Waals surface area contributed by atoms with E-state index in [1.165, 1.54) is 29.3 Å². The van der Waals surface area contributed by atoms with Crippen LogP contribution in [0.5, 0.6) is 5.75 Å². The predicted octanol–water partition coefficient (Wildman–Crippen LogP) is 2.88. The number of fused-ring (bicyclic) bond motifs is 2. The van der Waals surface area contributed by atoms with Crippen LogP contribution in [0.4, 0.5) is 8.78 Å². The second-order valence-corrected chi connectivity index (χ2v) is 8.91. The van der Waals surface area contributed by atoms with Gasteiger partial charge in [0.15, 0.2) is 0 Å². The third kappa shape index (κ3) is 4.02. The SMILES string of the molecule is N=C1CN(C(=O)c2ccc(F)cc2OC2CC3CC(F)C(C2)N3)C/C1=C1\N=CC(Cl)=CN1. The summed E-state index contributed by atoms with van der Waals surface area (Å²) in [5.74, 6) is -0.267. The molecule has 4 aliphatic rings. The molecule has 10 heteroatoms. The molecule has 1 amide bonds. The minimum absolute atomic E-state index is 0.0285. The van der Waals surface area contributed by atoms with Gasteiger partial charge in [-0.2, -0.15) is 0 Å². The summed E-state index contributed by atoms with van der Waals surface area (Å²) in [5.41, 5.74) is 1.07. The number of ether oxygens (including phenoxy) is 1. The van der Waals surface area contributed by atoms with Crippen molar-refractivity contribution in [1.29, 1.82) is 5.41 Å². The number of likely N-dealkylation sites (tertiary alicyclic amines) is 1.